The number of methoxy groups -OCH3 is 1. The molecule has 0 saturated carbocycles. The van der Waals surface area contributed by atoms with E-state index in [-0.39, 0.29) is 24.0 Å². The van der Waals surface area contributed by atoms with Crippen LogP contribution in [0.2, 0.25) is 0 Å². The highest BCUT2D eigenvalue weighted by Crippen LogP contribution is 2.07. The maximum atomic E-state index is 5.03. The van der Waals surface area contributed by atoms with Crippen molar-refractivity contribution in [1.82, 2.24) is 20.4 Å². The lowest BCUT2D eigenvalue weighted by molar-refractivity contribution is 0.129. The molecule has 1 aromatic carbocycles. The van der Waals surface area contributed by atoms with Crippen LogP contribution < -0.4 is 10.6 Å². The van der Waals surface area contributed by atoms with Crippen molar-refractivity contribution >= 4 is 29.9 Å². The second-order valence-corrected chi connectivity index (χ2v) is 6.02. The van der Waals surface area contributed by atoms with E-state index in [0.29, 0.717) is 6.61 Å². The van der Waals surface area contributed by atoms with E-state index in [1.807, 2.05) is 0 Å². The van der Waals surface area contributed by atoms with Gasteiger partial charge in [0.2, 0.25) is 0 Å². The zero-order valence-corrected chi connectivity index (χ0v) is 17.7. The van der Waals surface area contributed by atoms with Crippen molar-refractivity contribution in [2.24, 2.45) is 4.99 Å². The van der Waals surface area contributed by atoms with Crippen molar-refractivity contribution in [3.8, 4) is 0 Å². The molecule has 0 bridgehead atoms. The summed E-state index contributed by atoms with van der Waals surface area (Å²) in [6, 6.07) is 10.7. The predicted octanol–water partition coefficient (Wildman–Crippen LogP) is 1.23. The Kier molecular flexibility index (Phi) is 11.8. The molecule has 142 valence electrons. The minimum Gasteiger partial charge on any atom is -0.383 e. The van der Waals surface area contributed by atoms with Gasteiger partial charge in [-0.2, -0.15) is 0 Å². The van der Waals surface area contributed by atoms with Gasteiger partial charge in [0.25, 0.3) is 0 Å². The van der Waals surface area contributed by atoms with Crippen LogP contribution in [0.4, 0.5) is 0 Å². The van der Waals surface area contributed by atoms with Crippen LogP contribution in [0, 0.1) is 0 Å². The number of rotatable bonds is 8. The average molecular weight is 461 g/mol. The fourth-order valence-electron chi connectivity index (χ4n) is 2.84. The highest BCUT2D eigenvalue weighted by atomic mass is 127. The first-order valence-electron chi connectivity index (χ1n) is 8.74. The van der Waals surface area contributed by atoms with Crippen molar-refractivity contribution in [1.29, 1.82) is 0 Å². The van der Waals surface area contributed by atoms with Gasteiger partial charge in [0.1, 0.15) is 0 Å². The Morgan fingerprint density at radius 3 is 2.32 bits per heavy atom. The summed E-state index contributed by atoms with van der Waals surface area (Å²) in [4.78, 5) is 9.26. The molecule has 0 aliphatic carbocycles. The lowest BCUT2D eigenvalue weighted by Gasteiger charge is -2.34. The van der Waals surface area contributed by atoms with Crippen molar-refractivity contribution in [3.05, 3.63) is 35.9 Å². The number of benzene rings is 1. The summed E-state index contributed by atoms with van der Waals surface area (Å²) in [5.41, 5.74) is 1.40. The molecule has 1 heterocycles. The molecule has 2 rings (SSSR count). The van der Waals surface area contributed by atoms with E-state index >= 15 is 0 Å². The highest BCUT2D eigenvalue weighted by molar-refractivity contribution is 14.0. The Morgan fingerprint density at radius 1 is 1.04 bits per heavy atom. The van der Waals surface area contributed by atoms with Gasteiger partial charge >= 0.3 is 0 Å². The molecule has 1 aliphatic rings. The molecule has 7 heteroatoms. The average Bonchev–Trinajstić information content (AvgIpc) is 2.63. The van der Waals surface area contributed by atoms with Crippen LogP contribution in [-0.4, -0.2) is 82.3 Å². The maximum Gasteiger partial charge on any atom is 0.191 e. The number of ether oxygens (including phenoxy) is 1. The minimum atomic E-state index is 0. The lowest BCUT2D eigenvalue weighted by atomic mass is 10.2. The second-order valence-electron chi connectivity index (χ2n) is 6.02. The maximum absolute atomic E-state index is 5.03. The Balaban J connectivity index is 0.00000312. The second kappa shape index (κ2) is 13.3. The van der Waals surface area contributed by atoms with Crippen LogP contribution in [0.3, 0.4) is 0 Å². The number of aliphatic imine (C=N–C) groups is 1. The molecule has 2 N–H and O–H groups in total. The number of hydrogen-bond donors (Lipinski definition) is 2. The molecule has 0 radical (unpaired) electrons. The van der Waals surface area contributed by atoms with Crippen molar-refractivity contribution in [2.45, 2.75) is 6.54 Å². The van der Waals surface area contributed by atoms with Gasteiger partial charge < -0.3 is 15.4 Å². The fraction of sp³-hybridized carbons (Fsp3) is 0.611. The zero-order chi connectivity index (χ0) is 17.0. The first-order valence-corrected chi connectivity index (χ1v) is 8.74. The van der Waals surface area contributed by atoms with Gasteiger partial charge in [-0.25, -0.2) is 0 Å². The Labute approximate surface area is 169 Å². The first kappa shape index (κ1) is 22.1. The number of nitrogens with zero attached hydrogens (tertiary/aromatic N) is 3. The van der Waals surface area contributed by atoms with E-state index in [0.717, 1.165) is 58.3 Å². The van der Waals surface area contributed by atoms with Crippen LogP contribution in [-0.2, 0) is 11.3 Å². The molecule has 1 saturated heterocycles. The topological polar surface area (TPSA) is 52.1 Å². The van der Waals surface area contributed by atoms with Gasteiger partial charge in [0.05, 0.1) is 6.61 Å². The Bertz CT molecular complexity index is 478. The van der Waals surface area contributed by atoms with Crippen LogP contribution in [0.1, 0.15) is 5.56 Å². The molecule has 6 nitrogen and oxygen atoms in total. The molecule has 1 aliphatic heterocycles. The third-order valence-corrected chi connectivity index (χ3v) is 4.26. The normalized spacial score (nSPS) is 16.3. The third-order valence-electron chi connectivity index (χ3n) is 4.26. The van der Waals surface area contributed by atoms with Gasteiger partial charge in [-0.15, -0.1) is 24.0 Å². The number of guanidine groups is 1. The summed E-state index contributed by atoms with van der Waals surface area (Å²) in [5, 5.41) is 6.58. The van der Waals surface area contributed by atoms with Crippen LogP contribution in [0.5, 0.6) is 0 Å². The van der Waals surface area contributed by atoms with E-state index in [2.05, 4.69) is 55.8 Å². The van der Waals surface area contributed by atoms with Gasteiger partial charge in [0.15, 0.2) is 5.96 Å². The van der Waals surface area contributed by atoms with Crippen LogP contribution in [0.25, 0.3) is 0 Å². The largest absolute Gasteiger partial charge is 0.383 e. The molecular formula is C18H32IN5O. The smallest absolute Gasteiger partial charge is 0.191 e. The van der Waals surface area contributed by atoms with Gasteiger partial charge in [-0.1, -0.05) is 30.3 Å². The van der Waals surface area contributed by atoms with E-state index in [1.165, 1.54) is 5.56 Å². The van der Waals surface area contributed by atoms with Crippen LogP contribution >= 0.6 is 24.0 Å². The Morgan fingerprint density at radius 2 is 1.68 bits per heavy atom. The van der Waals surface area contributed by atoms with Crippen molar-refractivity contribution < 1.29 is 4.74 Å². The summed E-state index contributed by atoms with van der Waals surface area (Å²) in [6.07, 6.45) is 0. The van der Waals surface area contributed by atoms with Crippen molar-refractivity contribution in [3.63, 3.8) is 0 Å². The summed E-state index contributed by atoms with van der Waals surface area (Å²) < 4.78 is 5.03. The van der Waals surface area contributed by atoms with Gasteiger partial charge in [-0.3, -0.25) is 14.8 Å². The summed E-state index contributed by atoms with van der Waals surface area (Å²) >= 11 is 0. The first-order chi connectivity index (χ1) is 11.8. The van der Waals surface area contributed by atoms with E-state index in [4.69, 9.17) is 4.74 Å². The van der Waals surface area contributed by atoms with E-state index < -0.39 is 0 Å². The molecule has 1 fully saturated rings. The molecular weight excluding hydrogens is 429 g/mol. The molecule has 25 heavy (non-hydrogen) atoms. The highest BCUT2D eigenvalue weighted by Gasteiger charge is 2.16. The molecule has 0 unspecified atom stereocenters. The molecule has 1 aromatic rings. The summed E-state index contributed by atoms with van der Waals surface area (Å²) in [5.74, 6) is 0.842. The SMILES string of the molecule is CN=C(NCCOC)NCCN1CCN(Cc2ccccc2)CC1.I. The number of piperazine rings is 1. The van der Waals surface area contributed by atoms with E-state index in [9.17, 15) is 0 Å². The summed E-state index contributed by atoms with van der Waals surface area (Å²) in [6.45, 7) is 9.00. The number of hydrogen-bond acceptors (Lipinski definition) is 4. The molecule has 0 amide bonds. The number of halogens is 1. The molecule has 0 spiro atoms. The third kappa shape index (κ3) is 8.84. The lowest BCUT2D eigenvalue weighted by Crippen LogP contribution is -2.49. The van der Waals surface area contributed by atoms with Gasteiger partial charge in [0, 0.05) is 66.5 Å². The van der Waals surface area contributed by atoms with Crippen LogP contribution in [0.15, 0.2) is 35.3 Å². The van der Waals surface area contributed by atoms with Crippen molar-refractivity contribution in [2.75, 3.05) is 66.6 Å². The van der Waals surface area contributed by atoms with Gasteiger partial charge in [-0.05, 0) is 5.56 Å². The quantitative estimate of drug-likeness (QED) is 0.264. The molecule has 0 aromatic heterocycles. The summed E-state index contributed by atoms with van der Waals surface area (Å²) in [7, 11) is 3.50. The number of nitrogens with one attached hydrogen (secondary N) is 2. The monoisotopic (exact) mass is 461 g/mol. The molecule has 0 atom stereocenters. The predicted molar refractivity (Wildman–Crippen MR) is 115 cm³/mol. The fourth-order valence-corrected chi connectivity index (χ4v) is 2.84. The van der Waals surface area contributed by atoms with E-state index in [1.54, 1.807) is 14.2 Å². The zero-order valence-electron chi connectivity index (χ0n) is 15.4. The Hall–Kier alpha value is -0.900. The standard InChI is InChI=1S/C18H31N5O.HI/c1-19-18(21-9-15-24-2)20-8-10-22-11-13-23(14-12-22)16-17-6-4-3-5-7-17;/h3-7H,8-16H2,1-2H3,(H2,19,20,21);1H. The minimum absolute atomic E-state index is 0.